The highest BCUT2D eigenvalue weighted by Gasteiger charge is 2.13. The normalized spacial score (nSPS) is 10.2. The van der Waals surface area contributed by atoms with Crippen LogP contribution in [0, 0.1) is 11.3 Å². The van der Waals surface area contributed by atoms with E-state index in [0.717, 1.165) is 11.1 Å². The van der Waals surface area contributed by atoms with Crippen LogP contribution in [0.1, 0.15) is 27.0 Å². The number of carbonyl (C=O) groups excluding carboxylic acids is 1. The zero-order chi connectivity index (χ0) is 19.9. The predicted octanol–water partition coefficient (Wildman–Crippen LogP) is 5.06. The van der Waals surface area contributed by atoms with E-state index in [0.29, 0.717) is 35.1 Å². The molecule has 3 rings (SSSR count). The molecular weight excluding hydrogens is 372 g/mol. The zero-order valence-electron chi connectivity index (χ0n) is 15.4. The average molecular weight is 391 g/mol. The highest BCUT2D eigenvalue weighted by molar-refractivity contribution is 6.30. The highest BCUT2D eigenvalue weighted by atomic mass is 35.5. The van der Waals surface area contributed by atoms with Gasteiger partial charge in [-0.25, -0.2) is 0 Å². The summed E-state index contributed by atoms with van der Waals surface area (Å²) in [6.07, 6.45) is 0. The Hall–Kier alpha value is -3.29. The Labute approximate surface area is 169 Å². The fourth-order valence-corrected chi connectivity index (χ4v) is 3.03. The molecule has 0 spiro atoms. The summed E-state index contributed by atoms with van der Waals surface area (Å²) in [4.78, 5) is 14.4. The third-order valence-electron chi connectivity index (χ3n) is 4.20. The second-order valence-electron chi connectivity index (χ2n) is 6.42. The Morgan fingerprint density at radius 2 is 1.79 bits per heavy atom. The quantitative estimate of drug-likeness (QED) is 0.591. The first kappa shape index (κ1) is 19.5. The van der Waals surface area contributed by atoms with Gasteiger partial charge in [0.25, 0.3) is 5.91 Å². The monoisotopic (exact) mass is 390 g/mol. The van der Waals surface area contributed by atoms with E-state index < -0.39 is 0 Å². The summed E-state index contributed by atoms with van der Waals surface area (Å²) in [5.74, 6) is 0.501. The molecular formula is C23H19ClN2O2. The van der Waals surface area contributed by atoms with E-state index in [2.05, 4.69) is 6.07 Å². The molecule has 0 saturated heterocycles. The van der Waals surface area contributed by atoms with E-state index in [1.54, 1.807) is 42.3 Å². The molecule has 0 unspecified atom stereocenters. The molecule has 0 aliphatic carbocycles. The summed E-state index contributed by atoms with van der Waals surface area (Å²) in [7, 11) is 1.74. The lowest BCUT2D eigenvalue weighted by Gasteiger charge is -2.18. The fraction of sp³-hybridized carbons (Fsp3) is 0.130. The maximum absolute atomic E-state index is 12.8. The van der Waals surface area contributed by atoms with Gasteiger partial charge in [0.15, 0.2) is 0 Å². The number of halogens is 1. The highest BCUT2D eigenvalue weighted by Crippen LogP contribution is 2.18. The lowest BCUT2D eigenvalue weighted by molar-refractivity contribution is 0.0784. The molecule has 0 fully saturated rings. The Morgan fingerprint density at radius 1 is 1.04 bits per heavy atom. The number of hydrogen-bond acceptors (Lipinski definition) is 3. The first-order valence-corrected chi connectivity index (χ1v) is 9.15. The average Bonchev–Trinajstić information content (AvgIpc) is 2.72. The lowest BCUT2D eigenvalue weighted by atomic mass is 10.1. The van der Waals surface area contributed by atoms with Gasteiger partial charge in [0.1, 0.15) is 12.4 Å². The van der Waals surface area contributed by atoms with Gasteiger partial charge in [-0.2, -0.15) is 5.26 Å². The maximum Gasteiger partial charge on any atom is 0.254 e. The van der Waals surface area contributed by atoms with Gasteiger partial charge >= 0.3 is 0 Å². The van der Waals surface area contributed by atoms with Crippen molar-refractivity contribution in [3.05, 3.63) is 100 Å². The minimum Gasteiger partial charge on any atom is -0.489 e. The Balaban J connectivity index is 1.66. The molecule has 0 atom stereocenters. The molecule has 28 heavy (non-hydrogen) atoms. The number of nitriles is 1. The summed E-state index contributed by atoms with van der Waals surface area (Å²) in [5, 5.41) is 9.67. The van der Waals surface area contributed by atoms with Crippen molar-refractivity contribution in [2.75, 3.05) is 7.05 Å². The Kier molecular flexibility index (Phi) is 6.31. The van der Waals surface area contributed by atoms with Gasteiger partial charge in [-0.1, -0.05) is 41.9 Å². The van der Waals surface area contributed by atoms with Gasteiger partial charge < -0.3 is 9.64 Å². The van der Waals surface area contributed by atoms with Crippen molar-refractivity contribution in [2.24, 2.45) is 0 Å². The molecule has 0 heterocycles. The third-order valence-corrected chi connectivity index (χ3v) is 4.43. The van der Waals surface area contributed by atoms with Gasteiger partial charge in [0.2, 0.25) is 0 Å². The fourth-order valence-electron chi connectivity index (χ4n) is 2.82. The third kappa shape index (κ3) is 5.12. The standard InChI is InChI=1S/C23H19ClN2O2/c1-26(15-18-6-2-5-17(11-18)14-25)23(27)20-8-4-10-22(13-20)28-16-19-7-3-9-21(24)12-19/h2-13H,15-16H2,1H3. The zero-order valence-corrected chi connectivity index (χ0v) is 16.2. The molecule has 0 N–H and O–H groups in total. The SMILES string of the molecule is CN(Cc1cccc(C#N)c1)C(=O)c1cccc(OCc2cccc(Cl)c2)c1. The minimum atomic E-state index is -0.115. The molecule has 0 aliphatic rings. The van der Waals surface area contributed by atoms with Gasteiger partial charge in [-0.15, -0.1) is 0 Å². The van der Waals surface area contributed by atoms with Gasteiger partial charge in [-0.05, 0) is 53.6 Å². The Bertz CT molecular complexity index is 1030. The lowest BCUT2D eigenvalue weighted by Crippen LogP contribution is -2.26. The van der Waals surface area contributed by atoms with Crippen LogP contribution in [0.5, 0.6) is 5.75 Å². The first-order valence-electron chi connectivity index (χ1n) is 8.77. The van der Waals surface area contributed by atoms with Crippen LogP contribution in [-0.2, 0) is 13.2 Å². The second kappa shape index (κ2) is 9.07. The molecule has 4 nitrogen and oxygen atoms in total. The number of amides is 1. The van der Waals surface area contributed by atoms with E-state index >= 15 is 0 Å². The Morgan fingerprint density at radius 3 is 2.57 bits per heavy atom. The van der Waals surface area contributed by atoms with E-state index in [-0.39, 0.29) is 5.91 Å². The summed E-state index contributed by atoms with van der Waals surface area (Å²) < 4.78 is 5.80. The number of ether oxygens (including phenoxy) is 1. The second-order valence-corrected chi connectivity index (χ2v) is 6.86. The summed E-state index contributed by atoms with van der Waals surface area (Å²) >= 11 is 5.99. The molecule has 1 amide bonds. The molecule has 0 aromatic heterocycles. The van der Waals surface area contributed by atoms with Gasteiger partial charge in [0, 0.05) is 24.2 Å². The van der Waals surface area contributed by atoms with Crippen LogP contribution in [0.25, 0.3) is 0 Å². The minimum absolute atomic E-state index is 0.115. The maximum atomic E-state index is 12.8. The molecule has 3 aromatic rings. The van der Waals surface area contributed by atoms with Crippen molar-refractivity contribution in [1.82, 2.24) is 4.90 Å². The van der Waals surface area contributed by atoms with Crippen LogP contribution in [0.15, 0.2) is 72.8 Å². The number of rotatable bonds is 6. The van der Waals surface area contributed by atoms with Crippen LogP contribution in [-0.4, -0.2) is 17.9 Å². The molecule has 0 saturated carbocycles. The first-order chi connectivity index (χ1) is 13.5. The van der Waals surface area contributed by atoms with Crippen molar-refractivity contribution < 1.29 is 9.53 Å². The summed E-state index contributed by atoms with van der Waals surface area (Å²) in [6.45, 7) is 0.789. The molecule has 0 bridgehead atoms. The number of nitrogens with zero attached hydrogens (tertiary/aromatic N) is 2. The largest absolute Gasteiger partial charge is 0.489 e. The van der Waals surface area contributed by atoms with Crippen LogP contribution in [0.2, 0.25) is 5.02 Å². The van der Waals surface area contributed by atoms with Crippen LogP contribution in [0.3, 0.4) is 0 Å². The predicted molar refractivity (Wildman–Crippen MR) is 109 cm³/mol. The summed E-state index contributed by atoms with van der Waals surface area (Å²) in [5.41, 5.74) is 2.99. The van der Waals surface area contributed by atoms with E-state index in [1.165, 1.54) is 0 Å². The molecule has 0 aliphatic heterocycles. The van der Waals surface area contributed by atoms with Gasteiger partial charge in [0.05, 0.1) is 11.6 Å². The topological polar surface area (TPSA) is 53.3 Å². The van der Waals surface area contributed by atoms with Crippen molar-refractivity contribution >= 4 is 17.5 Å². The van der Waals surface area contributed by atoms with Gasteiger partial charge in [-0.3, -0.25) is 4.79 Å². The molecule has 3 aromatic carbocycles. The molecule has 140 valence electrons. The smallest absolute Gasteiger partial charge is 0.254 e. The van der Waals surface area contributed by atoms with Crippen LogP contribution < -0.4 is 4.74 Å². The summed E-state index contributed by atoms with van der Waals surface area (Å²) in [6, 6.07) is 23.9. The van der Waals surface area contributed by atoms with Crippen molar-refractivity contribution in [3.63, 3.8) is 0 Å². The van der Waals surface area contributed by atoms with E-state index in [9.17, 15) is 4.79 Å². The van der Waals surface area contributed by atoms with E-state index in [4.69, 9.17) is 21.6 Å². The molecule has 5 heteroatoms. The number of carbonyl (C=O) groups is 1. The van der Waals surface area contributed by atoms with Crippen molar-refractivity contribution in [3.8, 4) is 11.8 Å². The van der Waals surface area contributed by atoms with E-state index in [1.807, 2.05) is 42.5 Å². The number of benzene rings is 3. The van der Waals surface area contributed by atoms with Crippen LogP contribution in [0.4, 0.5) is 0 Å². The molecule has 0 radical (unpaired) electrons. The number of hydrogen-bond donors (Lipinski definition) is 0. The van der Waals surface area contributed by atoms with Crippen molar-refractivity contribution in [1.29, 1.82) is 5.26 Å². The van der Waals surface area contributed by atoms with Crippen LogP contribution >= 0.6 is 11.6 Å². The van der Waals surface area contributed by atoms with Crippen molar-refractivity contribution in [2.45, 2.75) is 13.2 Å².